The van der Waals surface area contributed by atoms with Gasteiger partial charge in [0.05, 0.1) is 6.54 Å². The summed E-state index contributed by atoms with van der Waals surface area (Å²) in [4.78, 5) is 29.6. The molecule has 0 bridgehead atoms. The summed E-state index contributed by atoms with van der Waals surface area (Å²) in [6.45, 7) is 6.41. The number of hydrogen-bond acceptors (Lipinski definition) is 3. The highest BCUT2D eigenvalue weighted by molar-refractivity contribution is 5.78. The number of amides is 3. The number of nitrogens with zero attached hydrogens (tertiary/aromatic N) is 3. The average molecular weight is 310 g/mol. The Hall–Kier alpha value is -1.30. The van der Waals surface area contributed by atoms with E-state index in [1.54, 1.807) is 19.0 Å². The lowest BCUT2D eigenvalue weighted by atomic mass is 9.65. The van der Waals surface area contributed by atoms with Crippen molar-refractivity contribution in [3.8, 4) is 0 Å². The van der Waals surface area contributed by atoms with Crippen molar-refractivity contribution in [1.29, 1.82) is 0 Å². The van der Waals surface area contributed by atoms with E-state index in [2.05, 4.69) is 24.1 Å². The van der Waals surface area contributed by atoms with Gasteiger partial charge in [0.25, 0.3) is 0 Å². The summed E-state index contributed by atoms with van der Waals surface area (Å²) >= 11 is 0. The first-order chi connectivity index (χ1) is 10.2. The molecule has 22 heavy (non-hydrogen) atoms. The van der Waals surface area contributed by atoms with Crippen molar-refractivity contribution in [2.24, 2.45) is 5.41 Å². The number of hydrogen-bond donors (Lipinski definition) is 1. The van der Waals surface area contributed by atoms with Gasteiger partial charge in [-0.2, -0.15) is 0 Å². The fraction of sp³-hybridized carbons (Fsp3) is 0.875. The van der Waals surface area contributed by atoms with Gasteiger partial charge < -0.3 is 15.1 Å². The molecule has 6 nitrogen and oxygen atoms in total. The Kier molecular flexibility index (Phi) is 5.00. The Morgan fingerprint density at radius 1 is 1.27 bits per heavy atom. The van der Waals surface area contributed by atoms with Crippen LogP contribution >= 0.6 is 0 Å². The van der Waals surface area contributed by atoms with Crippen LogP contribution in [0.1, 0.15) is 33.1 Å². The van der Waals surface area contributed by atoms with Crippen LogP contribution in [-0.4, -0.2) is 79.5 Å². The predicted octanol–water partition coefficient (Wildman–Crippen LogP) is 0.979. The molecule has 0 aromatic heterocycles. The third kappa shape index (κ3) is 3.72. The lowest BCUT2D eigenvalue weighted by Gasteiger charge is -2.45. The number of likely N-dealkylation sites (N-methyl/N-ethyl adjacent to an activating group) is 1. The molecule has 1 heterocycles. The normalized spacial score (nSPS) is 27.4. The third-order valence-electron chi connectivity index (χ3n) is 5.15. The Bertz CT molecular complexity index is 430. The maximum atomic E-state index is 12.3. The lowest BCUT2D eigenvalue weighted by molar-refractivity contribution is -0.132. The van der Waals surface area contributed by atoms with E-state index >= 15 is 0 Å². The standard InChI is InChI=1S/C16H30N4O2/c1-12(2)19(5)10-14(21)20-7-6-16(11-20)8-13(9-16)17-15(22)18(3)4/h12-13H,6-11H2,1-5H3,(H,17,22). The quantitative estimate of drug-likeness (QED) is 0.842. The molecule has 1 saturated carbocycles. The molecule has 0 unspecified atom stereocenters. The third-order valence-corrected chi connectivity index (χ3v) is 5.15. The maximum absolute atomic E-state index is 12.3. The van der Waals surface area contributed by atoms with E-state index in [4.69, 9.17) is 0 Å². The van der Waals surface area contributed by atoms with Crippen LogP contribution in [-0.2, 0) is 4.79 Å². The number of carbonyl (C=O) groups is 2. The van der Waals surface area contributed by atoms with Crippen molar-refractivity contribution < 1.29 is 9.59 Å². The molecule has 1 aliphatic carbocycles. The Morgan fingerprint density at radius 3 is 2.45 bits per heavy atom. The fourth-order valence-electron chi connectivity index (χ4n) is 3.37. The second-order valence-electron chi connectivity index (χ2n) is 7.52. The number of rotatable bonds is 4. The Morgan fingerprint density at radius 2 is 1.91 bits per heavy atom. The van der Waals surface area contributed by atoms with Crippen LogP contribution in [0.5, 0.6) is 0 Å². The molecule has 126 valence electrons. The van der Waals surface area contributed by atoms with Crippen LogP contribution in [0.25, 0.3) is 0 Å². The fourth-order valence-corrected chi connectivity index (χ4v) is 3.37. The van der Waals surface area contributed by atoms with Gasteiger partial charge in [0.15, 0.2) is 0 Å². The lowest BCUT2D eigenvalue weighted by Crippen LogP contribution is -2.54. The van der Waals surface area contributed by atoms with E-state index in [1.807, 2.05) is 11.9 Å². The van der Waals surface area contributed by atoms with Gasteiger partial charge >= 0.3 is 6.03 Å². The van der Waals surface area contributed by atoms with E-state index in [9.17, 15) is 9.59 Å². The smallest absolute Gasteiger partial charge is 0.317 e. The van der Waals surface area contributed by atoms with Crippen LogP contribution in [0.15, 0.2) is 0 Å². The highest BCUT2D eigenvalue weighted by Crippen LogP contribution is 2.48. The molecule has 1 spiro atoms. The first kappa shape index (κ1) is 17.1. The Balaban J connectivity index is 1.77. The largest absolute Gasteiger partial charge is 0.341 e. The molecular weight excluding hydrogens is 280 g/mol. The molecule has 2 aliphatic rings. The first-order valence-electron chi connectivity index (χ1n) is 8.18. The van der Waals surface area contributed by atoms with E-state index in [1.165, 1.54) is 0 Å². The van der Waals surface area contributed by atoms with Crippen LogP contribution in [0.4, 0.5) is 4.79 Å². The van der Waals surface area contributed by atoms with Gasteiger partial charge in [0.2, 0.25) is 5.91 Å². The molecule has 2 fully saturated rings. The average Bonchev–Trinajstić information content (AvgIpc) is 2.83. The summed E-state index contributed by atoms with van der Waals surface area (Å²) < 4.78 is 0. The van der Waals surface area contributed by atoms with Crippen molar-refractivity contribution in [2.75, 3.05) is 40.8 Å². The minimum Gasteiger partial charge on any atom is -0.341 e. The molecule has 1 aliphatic heterocycles. The van der Waals surface area contributed by atoms with Gasteiger partial charge in [-0.3, -0.25) is 9.69 Å². The summed E-state index contributed by atoms with van der Waals surface area (Å²) in [6, 6.07) is 0.627. The van der Waals surface area contributed by atoms with Gasteiger partial charge in [-0.15, -0.1) is 0 Å². The van der Waals surface area contributed by atoms with Crippen molar-refractivity contribution >= 4 is 11.9 Å². The number of nitrogens with one attached hydrogen (secondary N) is 1. The SMILES string of the molecule is CC(C)N(C)CC(=O)N1CCC2(CC(NC(=O)N(C)C)C2)C1. The molecule has 1 N–H and O–H groups in total. The van der Waals surface area contributed by atoms with Crippen LogP contribution < -0.4 is 5.32 Å². The number of likely N-dealkylation sites (tertiary alicyclic amines) is 1. The summed E-state index contributed by atoms with van der Waals surface area (Å²) in [5.74, 6) is 0.230. The summed E-state index contributed by atoms with van der Waals surface area (Å²) in [7, 11) is 5.50. The molecule has 6 heteroatoms. The molecule has 0 aromatic carbocycles. The van der Waals surface area contributed by atoms with E-state index in [0.29, 0.717) is 12.6 Å². The first-order valence-corrected chi connectivity index (χ1v) is 8.18. The van der Waals surface area contributed by atoms with Gasteiger partial charge in [-0.1, -0.05) is 0 Å². The highest BCUT2D eigenvalue weighted by Gasteiger charge is 2.49. The molecule has 3 amide bonds. The van der Waals surface area contributed by atoms with Gasteiger partial charge in [0.1, 0.15) is 0 Å². The molecule has 0 aromatic rings. The van der Waals surface area contributed by atoms with Crippen molar-refractivity contribution in [3.05, 3.63) is 0 Å². The molecular formula is C16H30N4O2. The zero-order chi connectivity index (χ0) is 16.5. The summed E-state index contributed by atoms with van der Waals surface area (Å²) in [5, 5.41) is 3.03. The van der Waals surface area contributed by atoms with Gasteiger partial charge in [-0.25, -0.2) is 4.79 Å². The van der Waals surface area contributed by atoms with Crippen LogP contribution in [0, 0.1) is 5.41 Å². The molecule has 1 saturated heterocycles. The van der Waals surface area contributed by atoms with E-state index < -0.39 is 0 Å². The maximum Gasteiger partial charge on any atom is 0.317 e. The summed E-state index contributed by atoms with van der Waals surface area (Å²) in [6.07, 6.45) is 3.06. The van der Waals surface area contributed by atoms with Crippen LogP contribution in [0.2, 0.25) is 0 Å². The highest BCUT2D eigenvalue weighted by atomic mass is 16.2. The van der Waals surface area contributed by atoms with Gasteiger partial charge in [-0.05, 0) is 45.6 Å². The van der Waals surface area contributed by atoms with Crippen molar-refractivity contribution in [3.63, 3.8) is 0 Å². The van der Waals surface area contributed by atoms with Crippen LogP contribution in [0.3, 0.4) is 0 Å². The van der Waals surface area contributed by atoms with E-state index in [-0.39, 0.29) is 23.4 Å². The molecule has 0 atom stereocenters. The van der Waals surface area contributed by atoms with Crippen molar-refractivity contribution in [1.82, 2.24) is 20.0 Å². The second-order valence-corrected chi connectivity index (χ2v) is 7.52. The van der Waals surface area contributed by atoms with Gasteiger partial charge in [0, 0.05) is 39.3 Å². The monoisotopic (exact) mass is 310 g/mol. The van der Waals surface area contributed by atoms with E-state index in [0.717, 1.165) is 32.4 Å². The number of urea groups is 1. The summed E-state index contributed by atoms with van der Waals surface area (Å²) in [5.41, 5.74) is 0.246. The molecule has 2 rings (SSSR count). The topological polar surface area (TPSA) is 55.9 Å². The number of carbonyl (C=O) groups excluding carboxylic acids is 2. The minimum atomic E-state index is -0.0238. The predicted molar refractivity (Wildman–Crippen MR) is 86.6 cm³/mol. The van der Waals surface area contributed by atoms with Crippen molar-refractivity contribution in [2.45, 2.75) is 45.2 Å². The zero-order valence-electron chi connectivity index (χ0n) is 14.6. The Labute approximate surface area is 133 Å². The molecule has 0 radical (unpaired) electrons. The second kappa shape index (κ2) is 6.44. The zero-order valence-corrected chi connectivity index (χ0v) is 14.6. The minimum absolute atomic E-state index is 0.0238.